The number of likely N-dealkylation sites (N-methyl/N-ethyl adjacent to an activating group) is 1. The minimum atomic E-state index is -0.254. The minimum absolute atomic E-state index is 0.0985. The smallest absolute Gasteiger partial charge is 0.279 e. The summed E-state index contributed by atoms with van der Waals surface area (Å²) in [6.45, 7) is 2.57. The van der Waals surface area contributed by atoms with Crippen molar-refractivity contribution < 1.29 is 19.3 Å². The molecule has 0 aliphatic carbocycles. The van der Waals surface area contributed by atoms with Crippen LogP contribution in [0.5, 0.6) is 0 Å². The first-order valence-electron chi connectivity index (χ1n) is 8.92. The van der Waals surface area contributed by atoms with E-state index in [2.05, 4.69) is 16.0 Å². The molecule has 1 atom stereocenters. The van der Waals surface area contributed by atoms with Crippen molar-refractivity contribution in [2.24, 2.45) is 0 Å². The van der Waals surface area contributed by atoms with Crippen molar-refractivity contribution in [3.63, 3.8) is 0 Å². The van der Waals surface area contributed by atoms with Crippen LogP contribution in [0.15, 0.2) is 48.5 Å². The van der Waals surface area contributed by atoms with Crippen LogP contribution in [0.4, 0.5) is 11.4 Å². The van der Waals surface area contributed by atoms with Gasteiger partial charge in [0, 0.05) is 17.8 Å². The number of halogens is 1. The summed E-state index contributed by atoms with van der Waals surface area (Å²) in [6, 6.07) is 13.7. The SMILES string of the molecule is CCNC(=O)c1cccc(NC(=O)C[NH+](C)CC(=O)Nc2ccccc2Cl)c1. The van der Waals surface area contributed by atoms with Gasteiger partial charge < -0.3 is 20.9 Å². The number of amides is 3. The molecule has 0 saturated heterocycles. The zero-order valence-electron chi connectivity index (χ0n) is 15.8. The largest absolute Gasteiger partial charge is 0.352 e. The molecule has 28 heavy (non-hydrogen) atoms. The van der Waals surface area contributed by atoms with E-state index >= 15 is 0 Å². The Labute approximate surface area is 169 Å². The molecular formula is C20H24ClN4O3+. The van der Waals surface area contributed by atoms with Crippen molar-refractivity contribution in [1.82, 2.24) is 5.32 Å². The summed E-state index contributed by atoms with van der Waals surface area (Å²) >= 11 is 6.02. The van der Waals surface area contributed by atoms with Crippen molar-refractivity contribution in [2.45, 2.75) is 6.92 Å². The van der Waals surface area contributed by atoms with Crippen LogP contribution in [0.2, 0.25) is 5.02 Å². The van der Waals surface area contributed by atoms with Gasteiger partial charge in [0.25, 0.3) is 17.7 Å². The molecule has 0 aromatic heterocycles. The Morgan fingerprint density at radius 3 is 2.32 bits per heavy atom. The van der Waals surface area contributed by atoms with E-state index in [9.17, 15) is 14.4 Å². The zero-order chi connectivity index (χ0) is 20.5. The Bertz CT molecular complexity index is 857. The maximum Gasteiger partial charge on any atom is 0.279 e. The summed E-state index contributed by atoms with van der Waals surface area (Å²) in [7, 11) is 1.75. The molecule has 8 heteroatoms. The Balaban J connectivity index is 1.85. The average Bonchev–Trinajstić information content (AvgIpc) is 2.63. The van der Waals surface area contributed by atoms with Crippen LogP contribution < -0.4 is 20.9 Å². The molecule has 0 bridgehead atoms. The average molecular weight is 404 g/mol. The van der Waals surface area contributed by atoms with Crippen molar-refractivity contribution in [1.29, 1.82) is 0 Å². The normalized spacial score (nSPS) is 11.4. The first-order chi connectivity index (χ1) is 13.4. The predicted octanol–water partition coefficient (Wildman–Crippen LogP) is 1.18. The van der Waals surface area contributed by atoms with E-state index < -0.39 is 0 Å². The lowest BCUT2D eigenvalue weighted by Gasteiger charge is -2.14. The summed E-state index contributed by atoms with van der Waals surface area (Å²) in [6.07, 6.45) is 0. The van der Waals surface area contributed by atoms with Crippen molar-refractivity contribution >= 4 is 40.7 Å². The molecular weight excluding hydrogens is 380 g/mol. The molecule has 1 unspecified atom stereocenters. The summed E-state index contributed by atoms with van der Waals surface area (Å²) in [5.41, 5.74) is 1.54. The number of carbonyl (C=O) groups excluding carboxylic acids is 3. The number of quaternary nitrogens is 1. The molecule has 7 nitrogen and oxygen atoms in total. The molecule has 0 saturated carbocycles. The molecule has 2 rings (SSSR count). The second-order valence-corrected chi connectivity index (χ2v) is 6.73. The van der Waals surface area contributed by atoms with Gasteiger partial charge in [-0.05, 0) is 37.3 Å². The van der Waals surface area contributed by atoms with Crippen molar-refractivity contribution in [3.05, 3.63) is 59.1 Å². The topological polar surface area (TPSA) is 91.7 Å². The first-order valence-corrected chi connectivity index (χ1v) is 9.30. The Morgan fingerprint density at radius 1 is 0.964 bits per heavy atom. The fourth-order valence-electron chi connectivity index (χ4n) is 2.57. The second kappa shape index (κ2) is 10.4. The van der Waals surface area contributed by atoms with Gasteiger partial charge in [-0.3, -0.25) is 14.4 Å². The number of rotatable bonds is 8. The van der Waals surface area contributed by atoms with Gasteiger partial charge >= 0.3 is 0 Å². The number of nitrogens with one attached hydrogen (secondary N) is 4. The maximum absolute atomic E-state index is 12.2. The van der Waals surface area contributed by atoms with E-state index in [0.717, 1.165) is 0 Å². The number of carbonyl (C=O) groups is 3. The summed E-state index contributed by atoms with van der Waals surface area (Å²) in [5, 5.41) is 8.64. The lowest BCUT2D eigenvalue weighted by atomic mass is 10.2. The maximum atomic E-state index is 12.2. The van der Waals surface area contributed by atoms with Crippen LogP contribution in [0.1, 0.15) is 17.3 Å². The van der Waals surface area contributed by atoms with E-state index in [4.69, 9.17) is 11.6 Å². The lowest BCUT2D eigenvalue weighted by Crippen LogP contribution is -3.11. The number of para-hydroxylation sites is 1. The Kier molecular flexibility index (Phi) is 7.98. The van der Waals surface area contributed by atoms with Crippen LogP contribution in [-0.4, -0.2) is 44.4 Å². The molecule has 0 heterocycles. The molecule has 2 aromatic carbocycles. The molecule has 148 valence electrons. The highest BCUT2D eigenvalue weighted by atomic mass is 35.5. The third-order valence-corrected chi connectivity index (χ3v) is 4.15. The van der Waals surface area contributed by atoms with Gasteiger partial charge in [0.1, 0.15) is 0 Å². The van der Waals surface area contributed by atoms with Gasteiger partial charge in [0.05, 0.1) is 17.8 Å². The van der Waals surface area contributed by atoms with E-state index in [1.807, 2.05) is 6.92 Å². The number of hydrogen-bond acceptors (Lipinski definition) is 3. The van der Waals surface area contributed by atoms with E-state index in [1.54, 1.807) is 55.6 Å². The minimum Gasteiger partial charge on any atom is -0.352 e. The van der Waals surface area contributed by atoms with Crippen molar-refractivity contribution in [3.8, 4) is 0 Å². The molecule has 4 N–H and O–H groups in total. The summed E-state index contributed by atoms with van der Waals surface area (Å²) in [5.74, 6) is -0.690. The van der Waals surface area contributed by atoms with Crippen LogP contribution in [0, 0.1) is 0 Å². The van der Waals surface area contributed by atoms with Gasteiger partial charge in [-0.15, -0.1) is 0 Å². The van der Waals surface area contributed by atoms with Gasteiger partial charge in [0.15, 0.2) is 13.1 Å². The number of hydrogen-bond donors (Lipinski definition) is 4. The fraction of sp³-hybridized carbons (Fsp3) is 0.250. The lowest BCUT2D eigenvalue weighted by molar-refractivity contribution is -0.862. The molecule has 3 amide bonds. The highest BCUT2D eigenvalue weighted by Gasteiger charge is 2.15. The summed E-state index contributed by atoms with van der Waals surface area (Å²) < 4.78 is 0. The molecule has 0 fully saturated rings. The number of benzene rings is 2. The Hall–Kier alpha value is -2.90. The van der Waals surface area contributed by atoms with Gasteiger partial charge in [-0.1, -0.05) is 29.8 Å². The third-order valence-electron chi connectivity index (χ3n) is 3.82. The standard InChI is InChI=1S/C20H23ClN4O3/c1-3-22-20(28)14-7-6-8-15(11-14)23-18(26)12-25(2)13-19(27)24-17-10-5-4-9-16(17)21/h4-11H,3,12-13H2,1-2H3,(H,22,28)(H,23,26)(H,24,27)/p+1. The Morgan fingerprint density at radius 2 is 1.64 bits per heavy atom. The number of anilines is 2. The second-order valence-electron chi connectivity index (χ2n) is 6.33. The zero-order valence-corrected chi connectivity index (χ0v) is 16.6. The highest BCUT2D eigenvalue weighted by Crippen LogP contribution is 2.19. The van der Waals surface area contributed by atoms with Crippen LogP contribution >= 0.6 is 11.6 Å². The van der Waals surface area contributed by atoms with Gasteiger partial charge in [0.2, 0.25) is 0 Å². The van der Waals surface area contributed by atoms with E-state index in [-0.39, 0.29) is 30.8 Å². The third kappa shape index (κ3) is 6.68. The van der Waals surface area contributed by atoms with Crippen LogP contribution in [0.25, 0.3) is 0 Å². The van der Waals surface area contributed by atoms with Gasteiger partial charge in [-0.25, -0.2) is 0 Å². The fourth-order valence-corrected chi connectivity index (χ4v) is 2.76. The highest BCUT2D eigenvalue weighted by molar-refractivity contribution is 6.33. The molecule has 0 aliphatic heterocycles. The monoisotopic (exact) mass is 403 g/mol. The van der Waals surface area contributed by atoms with E-state index in [0.29, 0.717) is 33.4 Å². The van der Waals surface area contributed by atoms with Crippen molar-refractivity contribution in [2.75, 3.05) is 37.3 Å². The predicted molar refractivity (Wildman–Crippen MR) is 110 cm³/mol. The quantitative estimate of drug-likeness (QED) is 0.533. The first kappa shape index (κ1) is 21.4. The van der Waals surface area contributed by atoms with Crippen LogP contribution in [-0.2, 0) is 9.59 Å². The molecule has 0 aliphatic rings. The summed E-state index contributed by atoms with van der Waals surface area (Å²) in [4.78, 5) is 37.0. The molecule has 0 radical (unpaired) electrons. The van der Waals surface area contributed by atoms with Crippen LogP contribution in [0.3, 0.4) is 0 Å². The molecule has 0 spiro atoms. The molecule has 2 aromatic rings. The van der Waals surface area contributed by atoms with E-state index in [1.165, 1.54) is 0 Å². The van der Waals surface area contributed by atoms with Gasteiger partial charge in [-0.2, -0.15) is 0 Å².